The van der Waals surface area contributed by atoms with Gasteiger partial charge in [-0.25, -0.2) is 0 Å². The van der Waals surface area contributed by atoms with Crippen molar-refractivity contribution in [3.05, 3.63) is 23.8 Å². The van der Waals surface area contributed by atoms with E-state index in [1.54, 1.807) is 0 Å². The van der Waals surface area contributed by atoms with E-state index in [4.69, 9.17) is 15.5 Å². The van der Waals surface area contributed by atoms with Crippen LogP contribution in [0.15, 0.2) is 18.2 Å². The molecule has 14 heavy (non-hydrogen) atoms. The zero-order valence-electron chi connectivity index (χ0n) is 7.51. The summed E-state index contributed by atoms with van der Waals surface area (Å²) >= 11 is 0. The molecular formula is C10H11NO3. The standard InChI is InChI=1S/C10H11NO3/c11-5-1-2-8(12)7-3-4-9(13)10(14)6-7/h3-4,6,8,12-14H,1-2H2/t8-/m0/s1. The van der Waals surface area contributed by atoms with Crippen LogP contribution in [-0.4, -0.2) is 15.3 Å². The van der Waals surface area contributed by atoms with Gasteiger partial charge in [0.15, 0.2) is 11.5 Å². The average Bonchev–Trinajstić information content (AvgIpc) is 2.18. The first-order valence-electron chi connectivity index (χ1n) is 4.22. The van der Waals surface area contributed by atoms with Crippen molar-refractivity contribution in [2.24, 2.45) is 0 Å². The molecular weight excluding hydrogens is 182 g/mol. The number of phenolic OH excluding ortho intramolecular Hbond substituents is 2. The molecule has 0 amide bonds. The van der Waals surface area contributed by atoms with Crippen molar-refractivity contribution in [1.82, 2.24) is 0 Å². The summed E-state index contributed by atoms with van der Waals surface area (Å²) in [7, 11) is 0. The van der Waals surface area contributed by atoms with Gasteiger partial charge in [-0.2, -0.15) is 5.26 Å². The molecule has 1 aromatic rings. The summed E-state index contributed by atoms with van der Waals surface area (Å²) in [5.74, 6) is -0.486. The summed E-state index contributed by atoms with van der Waals surface area (Å²) in [5.41, 5.74) is 0.496. The maximum Gasteiger partial charge on any atom is 0.157 e. The van der Waals surface area contributed by atoms with E-state index in [9.17, 15) is 5.11 Å². The number of nitrogens with zero attached hydrogens (tertiary/aromatic N) is 1. The van der Waals surface area contributed by atoms with Crippen LogP contribution in [0, 0.1) is 11.3 Å². The molecule has 74 valence electrons. The Bertz CT molecular complexity index is 357. The van der Waals surface area contributed by atoms with E-state index in [0.29, 0.717) is 12.0 Å². The fourth-order valence-corrected chi connectivity index (χ4v) is 1.12. The van der Waals surface area contributed by atoms with Crippen LogP contribution < -0.4 is 0 Å². The van der Waals surface area contributed by atoms with E-state index in [2.05, 4.69) is 0 Å². The lowest BCUT2D eigenvalue weighted by Gasteiger charge is -2.09. The molecule has 0 aliphatic heterocycles. The van der Waals surface area contributed by atoms with Crippen molar-refractivity contribution in [3.63, 3.8) is 0 Å². The molecule has 3 N–H and O–H groups in total. The smallest absolute Gasteiger partial charge is 0.157 e. The van der Waals surface area contributed by atoms with Gasteiger partial charge in [0.2, 0.25) is 0 Å². The third-order valence-electron chi connectivity index (χ3n) is 1.91. The van der Waals surface area contributed by atoms with Crippen LogP contribution >= 0.6 is 0 Å². The normalized spacial score (nSPS) is 12.0. The van der Waals surface area contributed by atoms with Crippen molar-refractivity contribution in [2.45, 2.75) is 18.9 Å². The Balaban J connectivity index is 2.76. The van der Waals surface area contributed by atoms with Crippen LogP contribution in [0.3, 0.4) is 0 Å². The number of benzene rings is 1. The zero-order valence-corrected chi connectivity index (χ0v) is 7.51. The highest BCUT2D eigenvalue weighted by Gasteiger charge is 2.09. The highest BCUT2D eigenvalue weighted by atomic mass is 16.3. The van der Waals surface area contributed by atoms with Gasteiger partial charge in [0.25, 0.3) is 0 Å². The fourth-order valence-electron chi connectivity index (χ4n) is 1.12. The maximum atomic E-state index is 9.52. The van der Waals surface area contributed by atoms with Gasteiger partial charge in [-0.1, -0.05) is 6.07 Å². The summed E-state index contributed by atoms with van der Waals surface area (Å²) in [6, 6.07) is 6.03. The van der Waals surface area contributed by atoms with Crippen LogP contribution in [0.2, 0.25) is 0 Å². The van der Waals surface area contributed by atoms with Gasteiger partial charge in [-0.15, -0.1) is 0 Å². The number of hydrogen-bond donors (Lipinski definition) is 3. The molecule has 4 nitrogen and oxygen atoms in total. The van der Waals surface area contributed by atoms with Gasteiger partial charge < -0.3 is 15.3 Å². The Kier molecular flexibility index (Phi) is 3.32. The van der Waals surface area contributed by atoms with Crippen LogP contribution in [0.5, 0.6) is 11.5 Å². The van der Waals surface area contributed by atoms with Crippen molar-refractivity contribution < 1.29 is 15.3 Å². The Morgan fingerprint density at radius 1 is 1.29 bits per heavy atom. The lowest BCUT2D eigenvalue weighted by Crippen LogP contribution is -1.96. The minimum Gasteiger partial charge on any atom is -0.504 e. The summed E-state index contributed by atoms with van der Waals surface area (Å²) in [5, 5.41) is 36.0. The van der Waals surface area contributed by atoms with E-state index in [1.807, 2.05) is 6.07 Å². The number of aliphatic hydroxyl groups is 1. The molecule has 0 radical (unpaired) electrons. The number of aliphatic hydroxyl groups excluding tert-OH is 1. The molecule has 0 unspecified atom stereocenters. The van der Waals surface area contributed by atoms with Gasteiger partial charge in [-0.05, 0) is 24.1 Å². The number of hydrogen-bond acceptors (Lipinski definition) is 4. The zero-order chi connectivity index (χ0) is 10.6. The highest BCUT2D eigenvalue weighted by Crippen LogP contribution is 2.29. The van der Waals surface area contributed by atoms with Gasteiger partial charge in [0.1, 0.15) is 0 Å². The maximum absolute atomic E-state index is 9.52. The van der Waals surface area contributed by atoms with Crippen LogP contribution in [0.25, 0.3) is 0 Å². The Hall–Kier alpha value is -1.73. The summed E-state index contributed by atoms with van der Waals surface area (Å²) in [6.45, 7) is 0. The van der Waals surface area contributed by atoms with E-state index in [-0.39, 0.29) is 17.9 Å². The summed E-state index contributed by atoms with van der Waals surface area (Å²) < 4.78 is 0. The molecule has 0 saturated carbocycles. The average molecular weight is 193 g/mol. The first-order valence-corrected chi connectivity index (χ1v) is 4.22. The van der Waals surface area contributed by atoms with Crippen molar-refractivity contribution in [2.75, 3.05) is 0 Å². The van der Waals surface area contributed by atoms with Gasteiger partial charge in [0, 0.05) is 6.42 Å². The van der Waals surface area contributed by atoms with E-state index in [1.165, 1.54) is 18.2 Å². The van der Waals surface area contributed by atoms with E-state index >= 15 is 0 Å². The van der Waals surface area contributed by atoms with Crippen LogP contribution in [-0.2, 0) is 0 Å². The predicted octanol–water partition coefficient (Wildman–Crippen LogP) is 1.43. The third kappa shape index (κ3) is 2.38. The molecule has 1 rings (SSSR count). The topological polar surface area (TPSA) is 84.5 Å². The minimum absolute atomic E-state index is 0.221. The molecule has 0 saturated heterocycles. The number of nitriles is 1. The van der Waals surface area contributed by atoms with E-state index in [0.717, 1.165) is 0 Å². The second-order valence-corrected chi connectivity index (χ2v) is 2.96. The lowest BCUT2D eigenvalue weighted by molar-refractivity contribution is 0.169. The monoisotopic (exact) mass is 193 g/mol. The first kappa shape index (κ1) is 10.4. The Labute approximate surface area is 81.7 Å². The van der Waals surface area contributed by atoms with Gasteiger partial charge >= 0.3 is 0 Å². The first-order chi connectivity index (χ1) is 6.65. The summed E-state index contributed by atoms with van der Waals surface area (Å²) in [6.07, 6.45) is -0.204. The summed E-state index contributed by atoms with van der Waals surface area (Å²) in [4.78, 5) is 0. The van der Waals surface area contributed by atoms with Crippen molar-refractivity contribution in [3.8, 4) is 17.6 Å². The third-order valence-corrected chi connectivity index (χ3v) is 1.91. The molecule has 0 heterocycles. The number of rotatable bonds is 3. The molecule has 1 atom stereocenters. The molecule has 0 bridgehead atoms. The predicted molar refractivity (Wildman–Crippen MR) is 49.6 cm³/mol. The second-order valence-electron chi connectivity index (χ2n) is 2.96. The molecule has 0 spiro atoms. The van der Waals surface area contributed by atoms with E-state index < -0.39 is 6.10 Å². The quantitative estimate of drug-likeness (QED) is 0.634. The molecule has 0 aliphatic rings. The van der Waals surface area contributed by atoms with Crippen molar-refractivity contribution in [1.29, 1.82) is 5.26 Å². The highest BCUT2D eigenvalue weighted by molar-refractivity contribution is 5.41. The minimum atomic E-state index is -0.777. The Morgan fingerprint density at radius 2 is 2.00 bits per heavy atom. The molecule has 0 aromatic heterocycles. The second kappa shape index (κ2) is 4.49. The van der Waals surface area contributed by atoms with Crippen LogP contribution in [0.4, 0.5) is 0 Å². The fraction of sp³-hybridized carbons (Fsp3) is 0.300. The number of aromatic hydroxyl groups is 2. The molecule has 4 heteroatoms. The number of phenols is 2. The Morgan fingerprint density at radius 3 is 2.57 bits per heavy atom. The largest absolute Gasteiger partial charge is 0.504 e. The SMILES string of the molecule is N#CCC[C@H](O)c1ccc(O)c(O)c1. The molecule has 0 aliphatic carbocycles. The van der Waals surface area contributed by atoms with Crippen molar-refractivity contribution >= 4 is 0 Å². The lowest BCUT2D eigenvalue weighted by atomic mass is 10.0. The van der Waals surface area contributed by atoms with Gasteiger partial charge in [0.05, 0.1) is 12.2 Å². The molecule has 0 fully saturated rings. The van der Waals surface area contributed by atoms with Gasteiger partial charge in [-0.3, -0.25) is 0 Å². The molecule has 1 aromatic carbocycles. The van der Waals surface area contributed by atoms with Crippen LogP contribution in [0.1, 0.15) is 24.5 Å².